The summed E-state index contributed by atoms with van der Waals surface area (Å²) in [6.07, 6.45) is 5.72. The van der Waals surface area contributed by atoms with E-state index in [2.05, 4.69) is 86.7 Å². The second-order valence-corrected chi connectivity index (χ2v) is 7.91. The van der Waals surface area contributed by atoms with E-state index in [1.807, 2.05) is 0 Å². The fraction of sp³-hybridized carbons (Fsp3) is 0.364. The molecule has 1 heterocycles. The van der Waals surface area contributed by atoms with Crippen LogP contribution >= 0.6 is 0 Å². The van der Waals surface area contributed by atoms with Crippen molar-refractivity contribution >= 4 is 0 Å². The molecule has 24 heavy (non-hydrogen) atoms. The number of nitrogens with zero attached hydrogens (tertiary/aromatic N) is 2. The first-order chi connectivity index (χ1) is 11.6. The lowest BCUT2D eigenvalue weighted by Gasteiger charge is -2.42. The van der Waals surface area contributed by atoms with Crippen molar-refractivity contribution in [3.05, 3.63) is 83.9 Å². The van der Waals surface area contributed by atoms with Gasteiger partial charge in [0.05, 0.1) is 5.54 Å². The molecule has 5 rings (SSSR count). The Morgan fingerprint density at radius 1 is 0.792 bits per heavy atom. The third-order valence-corrected chi connectivity index (χ3v) is 7.03. The lowest BCUT2D eigenvalue weighted by Crippen LogP contribution is -2.47. The van der Waals surface area contributed by atoms with E-state index in [9.17, 15) is 0 Å². The molecule has 0 amide bonds. The molecular weight excluding hydrogens is 292 g/mol. The van der Waals surface area contributed by atoms with Crippen molar-refractivity contribution in [3.8, 4) is 0 Å². The van der Waals surface area contributed by atoms with Gasteiger partial charge in [-0.1, -0.05) is 79.7 Å². The van der Waals surface area contributed by atoms with Crippen LogP contribution in [-0.4, -0.2) is 5.54 Å². The fourth-order valence-electron chi connectivity index (χ4n) is 5.51. The van der Waals surface area contributed by atoms with Crippen LogP contribution in [0, 0.1) is 17.3 Å². The number of rotatable bonds is 3. The molecule has 2 nitrogen and oxygen atoms in total. The highest BCUT2D eigenvalue weighted by atomic mass is 15.3. The van der Waals surface area contributed by atoms with Gasteiger partial charge in [-0.3, -0.25) is 0 Å². The second kappa shape index (κ2) is 4.44. The molecule has 2 aliphatic carbocycles. The Morgan fingerprint density at radius 2 is 1.42 bits per heavy atom. The van der Waals surface area contributed by atoms with Crippen LogP contribution in [0.2, 0.25) is 0 Å². The summed E-state index contributed by atoms with van der Waals surface area (Å²) in [5.41, 5.74) is 2.30. The van der Waals surface area contributed by atoms with E-state index in [1.165, 1.54) is 11.1 Å². The predicted octanol–water partition coefficient (Wildman–Crippen LogP) is 5.17. The van der Waals surface area contributed by atoms with Gasteiger partial charge in [0.25, 0.3) is 0 Å². The Hall–Kier alpha value is -2.22. The first kappa shape index (κ1) is 14.2. The third kappa shape index (κ3) is 1.39. The highest BCUT2D eigenvalue weighted by Crippen LogP contribution is 2.74. The fourth-order valence-corrected chi connectivity index (χ4v) is 5.51. The monoisotopic (exact) mass is 314 g/mol. The van der Waals surface area contributed by atoms with Crippen LogP contribution in [0.15, 0.2) is 83.0 Å². The van der Waals surface area contributed by atoms with E-state index >= 15 is 0 Å². The zero-order chi connectivity index (χ0) is 16.4. The maximum Gasteiger partial charge on any atom is 0.121 e. The number of hydrogen-bond acceptors (Lipinski definition) is 2. The molecule has 0 spiro atoms. The summed E-state index contributed by atoms with van der Waals surface area (Å²) in [5.74, 6) is 0.972. The van der Waals surface area contributed by atoms with Crippen LogP contribution in [0.4, 0.5) is 0 Å². The minimum atomic E-state index is -0.238. The first-order valence-electron chi connectivity index (χ1n) is 8.84. The molecule has 0 N–H and O–H groups in total. The van der Waals surface area contributed by atoms with Gasteiger partial charge < -0.3 is 0 Å². The van der Waals surface area contributed by atoms with Crippen LogP contribution in [0.1, 0.15) is 25.0 Å². The summed E-state index contributed by atoms with van der Waals surface area (Å²) in [5, 5.41) is 9.87. The van der Waals surface area contributed by atoms with Gasteiger partial charge in [0.2, 0.25) is 0 Å². The van der Waals surface area contributed by atoms with Gasteiger partial charge in [0.1, 0.15) is 5.54 Å². The van der Waals surface area contributed by atoms with Crippen LogP contribution in [0.3, 0.4) is 0 Å². The molecule has 1 fully saturated rings. The summed E-state index contributed by atoms with van der Waals surface area (Å²) >= 11 is 0. The Morgan fingerprint density at radius 3 is 2.04 bits per heavy atom. The molecule has 2 heteroatoms. The molecule has 5 atom stereocenters. The maximum atomic E-state index is 4.98. The van der Waals surface area contributed by atoms with E-state index < -0.39 is 0 Å². The number of benzene rings is 2. The summed E-state index contributed by atoms with van der Waals surface area (Å²) in [7, 11) is 0. The predicted molar refractivity (Wildman–Crippen MR) is 95.8 cm³/mol. The summed E-state index contributed by atoms with van der Waals surface area (Å²) in [4.78, 5) is 0. The van der Waals surface area contributed by atoms with Crippen molar-refractivity contribution in [1.82, 2.24) is 0 Å². The van der Waals surface area contributed by atoms with Crippen LogP contribution < -0.4 is 0 Å². The summed E-state index contributed by atoms with van der Waals surface area (Å²) < 4.78 is 0. The van der Waals surface area contributed by atoms with Crippen molar-refractivity contribution in [2.45, 2.75) is 31.3 Å². The average Bonchev–Trinajstić information content (AvgIpc) is 2.83. The Labute approximate surface area is 143 Å². The molecule has 3 aliphatic rings. The van der Waals surface area contributed by atoms with Gasteiger partial charge in [0.15, 0.2) is 0 Å². The Balaban J connectivity index is 1.71. The molecular formula is C22H22N2. The Bertz CT molecular complexity index is 841. The SMILES string of the molecule is C[C@@]1(Cc2ccccc2)[C@]2(C)N=N[C@@]1(c1ccccc1)[C@@H]1C=C[C@H]12. The van der Waals surface area contributed by atoms with Gasteiger partial charge >= 0.3 is 0 Å². The minimum Gasteiger partial charge on any atom is -0.185 e. The van der Waals surface area contributed by atoms with Gasteiger partial charge in [-0.05, 0) is 24.5 Å². The highest BCUT2D eigenvalue weighted by molar-refractivity contribution is 5.47. The van der Waals surface area contributed by atoms with E-state index in [0.29, 0.717) is 11.8 Å². The molecule has 0 unspecified atom stereocenters. The largest absolute Gasteiger partial charge is 0.185 e. The van der Waals surface area contributed by atoms with Crippen LogP contribution in [0.5, 0.6) is 0 Å². The summed E-state index contributed by atoms with van der Waals surface area (Å²) in [6, 6.07) is 21.7. The minimum absolute atomic E-state index is 0.0262. The normalized spacial score (nSPS) is 41.2. The number of hydrogen-bond donors (Lipinski definition) is 0. The highest BCUT2D eigenvalue weighted by Gasteiger charge is 2.77. The van der Waals surface area contributed by atoms with Gasteiger partial charge in [-0.2, -0.15) is 10.2 Å². The molecule has 1 aliphatic heterocycles. The lowest BCUT2D eigenvalue weighted by atomic mass is 9.61. The topological polar surface area (TPSA) is 24.7 Å². The van der Waals surface area contributed by atoms with Crippen molar-refractivity contribution in [3.63, 3.8) is 0 Å². The number of azo groups is 1. The second-order valence-electron chi connectivity index (χ2n) is 7.91. The van der Waals surface area contributed by atoms with Gasteiger partial charge in [0, 0.05) is 17.3 Å². The molecule has 2 aromatic rings. The standard InChI is InChI=1S/C22H22N2/c1-20(15-16-9-5-3-6-10-16)21(2)18-13-14-19(18)22(20,24-23-21)17-11-7-4-8-12-17/h3-14,18-19H,15H2,1-2H3/t18-,19-,20-,21-,22+/m1/s1. The molecule has 120 valence electrons. The molecule has 2 aromatic carbocycles. The average molecular weight is 314 g/mol. The van der Waals surface area contributed by atoms with Crippen molar-refractivity contribution in [2.24, 2.45) is 27.5 Å². The number of fused-ring (bicyclic) bond motifs is 5. The molecule has 0 saturated heterocycles. The van der Waals surface area contributed by atoms with Crippen molar-refractivity contribution in [1.29, 1.82) is 0 Å². The van der Waals surface area contributed by atoms with Crippen LogP contribution in [0.25, 0.3) is 0 Å². The Kier molecular flexibility index (Phi) is 2.62. The smallest absolute Gasteiger partial charge is 0.121 e. The van der Waals surface area contributed by atoms with Gasteiger partial charge in [-0.25, -0.2) is 0 Å². The van der Waals surface area contributed by atoms with Crippen molar-refractivity contribution in [2.75, 3.05) is 0 Å². The first-order valence-corrected chi connectivity index (χ1v) is 8.84. The van der Waals surface area contributed by atoms with E-state index in [1.54, 1.807) is 0 Å². The molecule has 0 aromatic heterocycles. The van der Waals surface area contributed by atoms with E-state index in [-0.39, 0.29) is 16.5 Å². The zero-order valence-electron chi connectivity index (χ0n) is 14.2. The van der Waals surface area contributed by atoms with E-state index in [0.717, 1.165) is 6.42 Å². The molecule has 0 radical (unpaired) electrons. The van der Waals surface area contributed by atoms with Crippen LogP contribution in [-0.2, 0) is 12.0 Å². The molecule has 1 saturated carbocycles. The van der Waals surface area contributed by atoms with Gasteiger partial charge in [-0.15, -0.1) is 0 Å². The maximum absolute atomic E-state index is 4.98. The zero-order valence-corrected chi connectivity index (χ0v) is 14.2. The van der Waals surface area contributed by atoms with Crippen molar-refractivity contribution < 1.29 is 0 Å². The lowest BCUT2D eigenvalue weighted by molar-refractivity contribution is 0.144. The summed E-state index contributed by atoms with van der Waals surface area (Å²) in [6.45, 7) is 4.73. The quantitative estimate of drug-likeness (QED) is 0.698. The van der Waals surface area contributed by atoms with E-state index in [4.69, 9.17) is 10.2 Å². The third-order valence-electron chi connectivity index (χ3n) is 7.03. The molecule has 2 bridgehead atoms.